The number of rotatable bonds is 5. The molecule has 0 fully saturated rings. The van der Waals surface area contributed by atoms with E-state index in [0.717, 1.165) is 5.56 Å². The van der Waals surface area contributed by atoms with Crippen molar-refractivity contribution in [2.24, 2.45) is 5.73 Å². The monoisotopic (exact) mass is 298 g/mol. The fraction of sp³-hybridized carbons (Fsp3) is 0.417. The first-order valence-corrected chi connectivity index (χ1v) is 7.65. The lowest BCUT2D eigenvalue weighted by Gasteiger charge is -2.13. The van der Waals surface area contributed by atoms with Gasteiger partial charge in [0.1, 0.15) is 16.4 Å². The zero-order valence-electron chi connectivity index (χ0n) is 11.6. The third kappa shape index (κ3) is 2.62. The molecule has 0 radical (unpaired) electrons. The highest BCUT2D eigenvalue weighted by Gasteiger charge is 2.27. The number of nitrogens with one attached hydrogen (secondary N) is 2. The topological polar surface area (TPSA) is 114 Å². The molecule has 2 rings (SSSR count). The molecule has 7 nitrogen and oxygen atoms in total. The van der Waals surface area contributed by atoms with Crippen LogP contribution in [0.4, 0.5) is 0 Å². The van der Waals surface area contributed by atoms with Crippen LogP contribution in [0, 0.1) is 13.8 Å². The lowest BCUT2D eigenvalue weighted by molar-refractivity contribution is 0.493. The van der Waals surface area contributed by atoms with Gasteiger partial charge in [0, 0.05) is 29.9 Å². The number of aryl methyl sites for hydroxylation is 2. The van der Waals surface area contributed by atoms with Crippen LogP contribution in [-0.2, 0) is 16.6 Å². The second kappa shape index (κ2) is 5.39. The number of hydrogen-bond acceptors (Lipinski definition) is 5. The Hall–Kier alpha value is -1.64. The van der Waals surface area contributed by atoms with Crippen LogP contribution in [0.1, 0.15) is 35.6 Å². The van der Waals surface area contributed by atoms with Crippen molar-refractivity contribution in [2.75, 3.05) is 0 Å². The first-order chi connectivity index (χ1) is 9.36. The molecular formula is C12H18N4O3S. The quantitative estimate of drug-likeness (QED) is 0.765. The average molecular weight is 298 g/mol. The van der Waals surface area contributed by atoms with Gasteiger partial charge in [-0.15, -0.1) is 0 Å². The van der Waals surface area contributed by atoms with Crippen LogP contribution in [0.2, 0.25) is 0 Å². The molecule has 0 spiro atoms. The summed E-state index contributed by atoms with van der Waals surface area (Å²) in [7, 11) is -3.70. The Morgan fingerprint density at radius 2 is 2.15 bits per heavy atom. The number of nitrogens with two attached hydrogens (primary N) is 1. The van der Waals surface area contributed by atoms with Crippen LogP contribution in [0.5, 0.6) is 0 Å². The van der Waals surface area contributed by atoms with Crippen molar-refractivity contribution in [3.63, 3.8) is 0 Å². The maximum Gasteiger partial charge on any atom is 0.244 e. The molecule has 8 heteroatoms. The smallest absolute Gasteiger partial charge is 0.244 e. The van der Waals surface area contributed by atoms with Gasteiger partial charge in [-0.2, -0.15) is 5.10 Å². The lowest BCUT2D eigenvalue weighted by Crippen LogP contribution is -2.28. The number of H-pyrrole nitrogens is 1. The first kappa shape index (κ1) is 14.8. The summed E-state index contributed by atoms with van der Waals surface area (Å²) in [6, 6.07) is -0.404. The van der Waals surface area contributed by atoms with E-state index >= 15 is 0 Å². The van der Waals surface area contributed by atoms with E-state index in [2.05, 4.69) is 14.9 Å². The summed E-state index contributed by atoms with van der Waals surface area (Å²) in [6.07, 6.45) is 3.22. The number of aromatic nitrogens is 2. The van der Waals surface area contributed by atoms with Crippen molar-refractivity contribution in [3.05, 3.63) is 35.0 Å². The van der Waals surface area contributed by atoms with Gasteiger partial charge >= 0.3 is 0 Å². The highest BCUT2D eigenvalue weighted by molar-refractivity contribution is 7.89. The van der Waals surface area contributed by atoms with Crippen molar-refractivity contribution in [1.29, 1.82) is 0 Å². The average Bonchev–Trinajstić information content (AvgIpc) is 2.95. The van der Waals surface area contributed by atoms with Gasteiger partial charge in [0.2, 0.25) is 10.0 Å². The maximum atomic E-state index is 12.5. The predicted octanol–water partition coefficient (Wildman–Crippen LogP) is 1.12. The highest BCUT2D eigenvalue weighted by Crippen LogP contribution is 2.27. The first-order valence-electron chi connectivity index (χ1n) is 6.16. The fourth-order valence-electron chi connectivity index (χ4n) is 2.16. The third-order valence-corrected chi connectivity index (χ3v) is 4.88. The van der Waals surface area contributed by atoms with E-state index in [4.69, 9.17) is 10.2 Å². The van der Waals surface area contributed by atoms with Crippen LogP contribution in [-0.4, -0.2) is 18.6 Å². The molecule has 0 bridgehead atoms. The molecule has 2 heterocycles. The second-order valence-electron chi connectivity index (χ2n) is 4.60. The van der Waals surface area contributed by atoms with E-state index < -0.39 is 16.1 Å². The molecule has 0 aliphatic rings. The summed E-state index contributed by atoms with van der Waals surface area (Å²) >= 11 is 0. The Labute approximate surface area is 117 Å². The summed E-state index contributed by atoms with van der Waals surface area (Å²) in [5, 5.41) is 6.45. The molecule has 0 saturated carbocycles. The molecule has 110 valence electrons. The minimum Gasteiger partial charge on any atom is -0.465 e. The van der Waals surface area contributed by atoms with Gasteiger partial charge in [-0.05, 0) is 20.8 Å². The van der Waals surface area contributed by atoms with Gasteiger partial charge in [-0.1, -0.05) is 0 Å². The number of sulfonamides is 1. The maximum absolute atomic E-state index is 12.5. The van der Waals surface area contributed by atoms with Crippen molar-refractivity contribution in [3.8, 4) is 0 Å². The third-order valence-electron chi connectivity index (χ3n) is 3.15. The standard InChI is InChI=1S/C12H18N4O3S/c1-7(10-5-14-15-6-10)16-20(17,18)12-9(3)19-8(2)11(12)4-13/h5-7,16H,4,13H2,1-3H3,(H,14,15). The van der Waals surface area contributed by atoms with Gasteiger partial charge in [-0.25, -0.2) is 13.1 Å². The minimum absolute atomic E-state index is 0.111. The summed E-state index contributed by atoms with van der Waals surface area (Å²) in [4.78, 5) is 0.132. The normalized spacial score (nSPS) is 13.6. The largest absolute Gasteiger partial charge is 0.465 e. The number of nitrogens with zero attached hydrogens (tertiary/aromatic N) is 1. The zero-order valence-corrected chi connectivity index (χ0v) is 12.4. The molecular weight excluding hydrogens is 280 g/mol. The van der Waals surface area contributed by atoms with Gasteiger partial charge in [0.05, 0.1) is 6.20 Å². The predicted molar refractivity (Wildman–Crippen MR) is 73.4 cm³/mol. The Balaban J connectivity index is 2.36. The van der Waals surface area contributed by atoms with Crippen LogP contribution in [0.25, 0.3) is 0 Å². The summed E-state index contributed by atoms with van der Waals surface area (Å²) in [5.41, 5.74) is 6.88. The van der Waals surface area contributed by atoms with Gasteiger partial charge < -0.3 is 10.2 Å². The molecule has 1 unspecified atom stereocenters. The fourth-order valence-corrected chi connectivity index (χ4v) is 3.85. The van der Waals surface area contributed by atoms with E-state index in [0.29, 0.717) is 17.1 Å². The molecule has 1 atom stereocenters. The molecule has 0 aliphatic carbocycles. The Bertz CT molecular complexity index is 689. The Morgan fingerprint density at radius 1 is 1.45 bits per heavy atom. The molecule has 0 saturated heterocycles. The molecule has 0 aromatic carbocycles. The Morgan fingerprint density at radius 3 is 2.70 bits per heavy atom. The molecule has 2 aromatic heterocycles. The lowest BCUT2D eigenvalue weighted by atomic mass is 10.2. The Kier molecular flexibility index (Phi) is 3.98. The second-order valence-corrected chi connectivity index (χ2v) is 6.25. The van der Waals surface area contributed by atoms with E-state index in [1.165, 1.54) is 0 Å². The highest BCUT2D eigenvalue weighted by atomic mass is 32.2. The van der Waals surface area contributed by atoms with Crippen LogP contribution >= 0.6 is 0 Å². The van der Waals surface area contributed by atoms with E-state index in [9.17, 15) is 8.42 Å². The van der Waals surface area contributed by atoms with Crippen molar-refractivity contribution in [1.82, 2.24) is 14.9 Å². The molecule has 0 aliphatic heterocycles. The number of furan rings is 1. The van der Waals surface area contributed by atoms with E-state index in [-0.39, 0.29) is 11.4 Å². The van der Waals surface area contributed by atoms with Crippen LogP contribution < -0.4 is 10.5 Å². The van der Waals surface area contributed by atoms with Crippen molar-refractivity contribution >= 4 is 10.0 Å². The van der Waals surface area contributed by atoms with Crippen molar-refractivity contribution < 1.29 is 12.8 Å². The zero-order chi connectivity index (χ0) is 14.9. The molecule has 2 aromatic rings. The molecule has 20 heavy (non-hydrogen) atoms. The summed E-state index contributed by atoms with van der Waals surface area (Å²) < 4.78 is 33.0. The summed E-state index contributed by atoms with van der Waals surface area (Å²) in [6.45, 7) is 5.17. The van der Waals surface area contributed by atoms with E-state index in [1.54, 1.807) is 33.2 Å². The van der Waals surface area contributed by atoms with Crippen LogP contribution in [0.15, 0.2) is 21.7 Å². The molecule has 4 N–H and O–H groups in total. The number of aromatic amines is 1. The van der Waals surface area contributed by atoms with Gasteiger partial charge in [0.15, 0.2) is 0 Å². The number of hydrogen-bond donors (Lipinski definition) is 3. The summed E-state index contributed by atoms with van der Waals surface area (Å²) in [5.74, 6) is 0.871. The molecule has 0 amide bonds. The van der Waals surface area contributed by atoms with Gasteiger partial charge in [0.25, 0.3) is 0 Å². The SMILES string of the molecule is Cc1oc(C)c(S(=O)(=O)NC(C)c2cn[nH]c2)c1CN. The van der Waals surface area contributed by atoms with E-state index in [1.807, 2.05) is 0 Å². The minimum atomic E-state index is -3.70. The van der Waals surface area contributed by atoms with Crippen molar-refractivity contribution in [2.45, 2.75) is 38.3 Å². The van der Waals surface area contributed by atoms with Gasteiger partial charge in [-0.3, -0.25) is 5.10 Å². The van der Waals surface area contributed by atoms with Crippen LogP contribution in [0.3, 0.4) is 0 Å².